The van der Waals surface area contributed by atoms with Gasteiger partial charge >= 0.3 is 0 Å². The van der Waals surface area contributed by atoms with E-state index in [1.807, 2.05) is 29.2 Å². The van der Waals surface area contributed by atoms with Gasteiger partial charge in [-0.2, -0.15) is 0 Å². The summed E-state index contributed by atoms with van der Waals surface area (Å²) in [5, 5.41) is 2.12. The average Bonchev–Trinajstić information content (AvgIpc) is 2.88. The summed E-state index contributed by atoms with van der Waals surface area (Å²) in [6.45, 7) is 2.92. The van der Waals surface area contributed by atoms with Gasteiger partial charge in [0.15, 0.2) is 0 Å². The number of rotatable bonds is 1. The molecule has 0 radical (unpaired) electrons. The zero-order valence-electron chi connectivity index (χ0n) is 10.6. The minimum atomic E-state index is 0.122. The van der Waals surface area contributed by atoms with Crippen molar-refractivity contribution in [1.29, 1.82) is 0 Å². The van der Waals surface area contributed by atoms with Crippen molar-refractivity contribution in [3.63, 3.8) is 0 Å². The lowest BCUT2D eigenvalue weighted by Gasteiger charge is -2.33. The molecule has 1 unspecified atom stereocenters. The van der Waals surface area contributed by atoms with E-state index in [2.05, 4.69) is 34.3 Å². The first-order valence-electron chi connectivity index (χ1n) is 6.29. The quantitative estimate of drug-likeness (QED) is 0.762. The molecule has 2 heterocycles. The van der Waals surface area contributed by atoms with E-state index in [1.165, 1.54) is 10.4 Å². The molecule has 1 aliphatic rings. The van der Waals surface area contributed by atoms with E-state index in [0.717, 1.165) is 23.0 Å². The smallest absolute Gasteiger partial charge is 0.254 e. The first-order chi connectivity index (χ1) is 9.16. The number of thiophene rings is 1. The summed E-state index contributed by atoms with van der Waals surface area (Å²) >= 11 is 5.19. The van der Waals surface area contributed by atoms with E-state index in [4.69, 9.17) is 0 Å². The molecule has 0 N–H and O–H groups in total. The Hall–Kier alpha value is -1.13. The van der Waals surface area contributed by atoms with Crippen molar-refractivity contribution in [3.8, 4) is 0 Å². The van der Waals surface area contributed by atoms with Gasteiger partial charge in [-0.15, -0.1) is 11.3 Å². The van der Waals surface area contributed by atoms with Crippen molar-refractivity contribution in [3.05, 3.63) is 56.2 Å². The molecular formula is C15H14BrNOS. The van der Waals surface area contributed by atoms with E-state index in [0.29, 0.717) is 0 Å². The molecule has 0 spiro atoms. The van der Waals surface area contributed by atoms with Gasteiger partial charge in [-0.3, -0.25) is 4.79 Å². The van der Waals surface area contributed by atoms with Gasteiger partial charge in [0.1, 0.15) is 0 Å². The van der Waals surface area contributed by atoms with Crippen LogP contribution in [0.2, 0.25) is 0 Å². The number of carbonyl (C=O) groups is 1. The number of fused-ring (bicyclic) bond motifs is 1. The molecule has 3 rings (SSSR count). The van der Waals surface area contributed by atoms with Crippen LogP contribution in [0, 0.1) is 0 Å². The number of benzene rings is 1. The van der Waals surface area contributed by atoms with Crippen molar-refractivity contribution >= 4 is 33.2 Å². The topological polar surface area (TPSA) is 20.3 Å². The molecule has 0 saturated heterocycles. The van der Waals surface area contributed by atoms with Crippen molar-refractivity contribution in [2.45, 2.75) is 19.4 Å². The Morgan fingerprint density at radius 2 is 2.05 bits per heavy atom. The van der Waals surface area contributed by atoms with Gasteiger partial charge in [0.2, 0.25) is 0 Å². The van der Waals surface area contributed by atoms with Crippen LogP contribution in [0.15, 0.2) is 40.2 Å². The normalized spacial score (nSPS) is 18.2. The number of halogens is 1. The highest BCUT2D eigenvalue weighted by atomic mass is 79.9. The Kier molecular flexibility index (Phi) is 3.46. The third-order valence-electron chi connectivity index (χ3n) is 3.63. The summed E-state index contributed by atoms with van der Waals surface area (Å²) in [5.74, 6) is 0.122. The van der Waals surface area contributed by atoms with Gasteiger partial charge in [0.05, 0.1) is 6.04 Å². The number of hydrogen-bond acceptors (Lipinski definition) is 2. The Balaban J connectivity index is 1.87. The summed E-state index contributed by atoms with van der Waals surface area (Å²) in [7, 11) is 0. The molecule has 0 saturated carbocycles. The van der Waals surface area contributed by atoms with Crippen LogP contribution in [0.1, 0.15) is 33.8 Å². The summed E-state index contributed by atoms with van der Waals surface area (Å²) in [4.78, 5) is 16.0. The molecule has 1 aromatic heterocycles. The summed E-state index contributed by atoms with van der Waals surface area (Å²) in [6.07, 6.45) is 0.972. The van der Waals surface area contributed by atoms with Gasteiger partial charge in [-0.25, -0.2) is 0 Å². The van der Waals surface area contributed by atoms with Gasteiger partial charge < -0.3 is 4.90 Å². The highest BCUT2D eigenvalue weighted by molar-refractivity contribution is 9.10. The molecule has 2 aromatic rings. The molecule has 1 amide bonds. The second-order valence-electron chi connectivity index (χ2n) is 4.73. The van der Waals surface area contributed by atoms with Gasteiger partial charge in [-0.1, -0.05) is 15.9 Å². The molecule has 98 valence electrons. The van der Waals surface area contributed by atoms with Crippen LogP contribution in [0.4, 0.5) is 0 Å². The molecule has 1 aromatic carbocycles. The van der Waals surface area contributed by atoms with Crippen LogP contribution in [0.3, 0.4) is 0 Å². The van der Waals surface area contributed by atoms with Crippen LogP contribution in [-0.4, -0.2) is 17.4 Å². The summed E-state index contributed by atoms with van der Waals surface area (Å²) in [6, 6.07) is 9.90. The SMILES string of the molecule is CC1c2ccsc2CCN1C(=O)c1ccc(Br)cc1. The molecule has 1 aliphatic heterocycles. The maximum absolute atomic E-state index is 12.6. The third kappa shape index (κ3) is 2.35. The van der Waals surface area contributed by atoms with Gasteiger partial charge in [0, 0.05) is 21.5 Å². The molecule has 0 bridgehead atoms. The van der Waals surface area contributed by atoms with Crippen LogP contribution in [-0.2, 0) is 6.42 Å². The molecule has 1 atom stereocenters. The van der Waals surface area contributed by atoms with Crippen molar-refractivity contribution in [2.75, 3.05) is 6.54 Å². The van der Waals surface area contributed by atoms with Gasteiger partial charge in [-0.05, 0) is 54.6 Å². The second-order valence-corrected chi connectivity index (χ2v) is 6.65. The van der Waals surface area contributed by atoms with Crippen LogP contribution in [0.5, 0.6) is 0 Å². The highest BCUT2D eigenvalue weighted by Gasteiger charge is 2.28. The maximum Gasteiger partial charge on any atom is 0.254 e. The molecule has 2 nitrogen and oxygen atoms in total. The van der Waals surface area contributed by atoms with Crippen LogP contribution >= 0.6 is 27.3 Å². The minimum Gasteiger partial charge on any atom is -0.331 e. The lowest BCUT2D eigenvalue weighted by Crippen LogP contribution is -2.38. The average molecular weight is 336 g/mol. The predicted octanol–water partition coefficient (Wildman–Crippen LogP) is 4.27. The molecule has 0 aliphatic carbocycles. The standard InChI is InChI=1S/C15H14BrNOS/c1-10-13-7-9-19-14(13)6-8-17(10)15(18)11-2-4-12(16)5-3-11/h2-5,7,9-10H,6,8H2,1H3. The number of nitrogens with zero attached hydrogens (tertiary/aromatic N) is 1. The Bertz CT molecular complexity index is 605. The van der Waals surface area contributed by atoms with Crippen LogP contribution in [0.25, 0.3) is 0 Å². The molecule has 19 heavy (non-hydrogen) atoms. The van der Waals surface area contributed by atoms with Crippen molar-refractivity contribution in [1.82, 2.24) is 4.90 Å². The first kappa shape index (κ1) is 12.9. The Morgan fingerprint density at radius 3 is 2.79 bits per heavy atom. The van der Waals surface area contributed by atoms with E-state index in [1.54, 1.807) is 11.3 Å². The zero-order valence-corrected chi connectivity index (χ0v) is 13.0. The fourth-order valence-electron chi connectivity index (χ4n) is 2.55. The van der Waals surface area contributed by atoms with Crippen LogP contribution < -0.4 is 0 Å². The largest absolute Gasteiger partial charge is 0.331 e. The van der Waals surface area contributed by atoms with E-state index in [-0.39, 0.29) is 11.9 Å². The molecular weight excluding hydrogens is 322 g/mol. The van der Waals surface area contributed by atoms with E-state index in [9.17, 15) is 4.79 Å². The van der Waals surface area contributed by atoms with Crippen molar-refractivity contribution < 1.29 is 4.79 Å². The second kappa shape index (κ2) is 5.10. The van der Waals surface area contributed by atoms with E-state index < -0.39 is 0 Å². The van der Waals surface area contributed by atoms with Gasteiger partial charge in [0.25, 0.3) is 5.91 Å². The zero-order chi connectivity index (χ0) is 13.4. The highest BCUT2D eigenvalue weighted by Crippen LogP contribution is 2.33. The third-order valence-corrected chi connectivity index (χ3v) is 5.15. The van der Waals surface area contributed by atoms with Crippen molar-refractivity contribution in [2.24, 2.45) is 0 Å². The molecule has 4 heteroatoms. The lowest BCUT2D eigenvalue weighted by atomic mass is 10.0. The summed E-state index contributed by atoms with van der Waals surface area (Å²) < 4.78 is 0.996. The fourth-order valence-corrected chi connectivity index (χ4v) is 3.77. The molecule has 0 fully saturated rings. The maximum atomic E-state index is 12.6. The fraction of sp³-hybridized carbons (Fsp3) is 0.267. The van der Waals surface area contributed by atoms with E-state index >= 15 is 0 Å². The minimum absolute atomic E-state index is 0.122. The summed E-state index contributed by atoms with van der Waals surface area (Å²) in [5.41, 5.74) is 2.07. The lowest BCUT2D eigenvalue weighted by molar-refractivity contribution is 0.0679. The Morgan fingerprint density at radius 1 is 1.32 bits per heavy atom. The first-order valence-corrected chi connectivity index (χ1v) is 7.97. The number of amides is 1. The predicted molar refractivity (Wildman–Crippen MR) is 81.6 cm³/mol. The monoisotopic (exact) mass is 335 g/mol. The Labute approximate surface area is 125 Å². The number of carbonyl (C=O) groups excluding carboxylic acids is 1. The number of hydrogen-bond donors (Lipinski definition) is 0.